The third-order valence-electron chi connectivity index (χ3n) is 3.84. The van der Waals surface area contributed by atoms with Crippen LogP contribution in [-0.2, 0) is 0 Å². The van der Waals surface area contributed by atoms with Gasteiger partial charge in [0.15, 0.2) is 11.5 Å². The van der Waals surface area contributed by atoms with Crippen LogP contribution in [0.2, 0.25) is 0 Å². The third-order valence-corrected chi connectivity index (χ3v) is 3.84. The number of aryl methyl sites for hydroxylation is 1. The molecule has 2 aromatic rings. The highest BCUT2D eigenvalue weighted by Crippen LogP contribution is 2.28. The molecule has 0 aliphatic rings. The monoisotopic (exact) mass is 313 g/mol. The van der Waals surface area contributed by atoms with Gasteiger partial charge in [0, 0.05) is 5.56 Å². The van der Waals surface area contributed by atoms with E-state index in [0.717, 1.165) is 12.0 Å². The molecule has 0 fully saturated rings. The van der Waals surface area contributed by atoms with E-state index in [0.29, 0.717) is 17.1 Å². The molecule has 1 amide bonds. The maximum atomic E-state index is 12.5. The lowest BCUT2D eigenvalue weighted by Crippen LogP contribution is -2.28. The van der Waals surface area contributed by atoms with E-state index in [4.69, 9.17) is 9.47 Å². The standard InChI is InChI=1S/C19H23NO3/c1-5-16(14-8-6-13(2)7-9-14)20-19(21)15-10-11-17(22-3)18(12-15)23-4/h6-12,16H,5H2,1-4H3,(H,20,21)/t16-/m1/s1. The zero-order chi connectivity index (χ0) is 16.8. The van der Waals surface area contributed by atoms with Gasteiger partial charge in [-0.05, 0) is 37.1 Å². The van der Waals surface area contributed by atoms with Gasteiger partial charge < -0.3 is 14.8 Å². The molecular weight excluding hydrogens is 290 g/mol. The molecule has 1 atom stereocenters. The van der Waals surface area contributed by atoms with Crippen LogP contribution in [0.4, 0.5) is 0 Å². The first-order valence-corrected chi connectivity index (χ1v) is 7.68. The number of nitrogens with one attached hydrogen (secondary N) is 1. The van der Waals surface area contributed by atoms with E-state index in [1.807, 2.05) is 6.92 Å². The van der Waals surface area contributed by atoms with Gasteiger partial charge in [0.25, 0.3) is 5.91 Å². The van der Waals surface area contributed by atoms with E-state index < -0.39 is 0 Å². The first-order chi connectivity index (χ1) is 11.1. The van der Waals surface area contributed by atoms with Crippen molar-refractivity contribution in [1.29, 1.82) is 0 Å². The first kappa shape index (κ1) is 16.9. The quantitative estimate of drug-likeness (QED) is 0.880. The van der Waals surface area contributed by atoms with Crippen LogP contribution in [-0.4, -0.2) is 20.1 Å². The van der Waals surface area contributed by atoms with E-state index >= 15 is 0 Å². The summed E-state index contributed by atoms with van der Waals surface area (Å²) in [6, 6.07) is 13.4. The molecule has 0 aliphatic carbocycles. The molecule has 2 rings (SSSR count). The van der Waals surface area contributed by atoms with Crippen molar-refractivity contribution in [2.45, 2.75) is 26.3 Å². The van der Waals surface area contributed by atoms with Crippen LogP contribution in [0.15, 0.2) is 42.5 Å². The van der Waals surface area contributed by atoms with Gasteiger partial charge >= 0.3 is 0 Å². The lowest BCUT2D eigenvalue weighted by Gasteiger charge is -2.18. The van der Waals surface area contributed by atoms with E-state index in [-0.39, 0.29) is 11.9 Å². The largest absolute Gasteiger partial charge is 0.493 e. The minimum atomic E-state index is -0.127. The summed E-state index contributed by atoms with van der Waals surface area (Å²) in [5, 5.41) is 3.07. The van der Waals surface area contributed by atoms with Crippen molar-refractivity contribution >= 4 is 5.91 Å². The number of hydrogen-bond acceptors (Lipinski definition) is 3. The summed E-state index contributed by atoms with van der Waals surface area (Å²) < 4.78 is 10.4. The molecule has 0 spiro atoms. The van der Waals surface area contributed by atoms with Crippen molar-refractivity contribution in [2.75, 3.05) is 14.2 Å². The Balaban J connectivity index is 2.18. The summed E-state index contributed by atoms with van der Waals surface area (Å²) in [4.78, 5) is 12.5. The predicted octanol–water partition coefficient (Wildman–Crippen LogP) is 3.89. The summed E-state index contributed by atoms with van der Waals surface area (Å²) in [6.45, 7) is 4.10. The van der Waals surface area contributed by atoms with Gasteiger partial charge in [-0.15, -0.1) is 0 Å². The number of methoxy groups -OCH3 is 2. The second-order valence-electron chi connectivity index (χ2n) is 5.41. The first-order valence-electron chi connectivity index (χ1n) is 7.68. The second-order valence-corrected chi connectivity index (χ2v) is 5.41. The van der Waals surface area contributed by atoms with Crippen LogP contribution < -0.4 is 14.8 Å². The molecule has 23 heavy (non-hydrogen) atoms. The Hall–Kier alpha value is -2.49. The molecule has 0 bridgehead atoms. The molecule has 0 radical (unpaired) electrons. The Bertz CT molecular complexity index is 665. The van der Waals surface area contributed by atoms with E-state index in [1.54, 1.807) is 32.4 Å². The molecule has 0 saturated heterocycles. The van der Waals surface area contributed by atoms with Gasteiger partial charge in [0.2, 0.25) is 0 Å². The number of amides is 1. The fourth-order valence-electron chi connectivity index (χ4n) is 2.44. The molecule has 0 aromatic heterocycles. The lowest BCUT2D eigenvalue weighted by atomic mass is 10.0. The summed E-state index contributed by atoms with van der Waals surface area (Å²) in [5.41, 5.74) is 2.86. The molecule has 122 valence electrons. The van der Waals surface area contributed by atoms with Crippen molar-refractivity contribution < 1.29 is 14.3 Å². The number of carbonyl (C=O) groups excluding carboxylic acids is 1. The Morgan fingerprint density at radius 2 is 1.70 bits per heavy atom. The number of ether oxygens (including phenoxy) is 2. The van der Waals surface area contributed by atoms with Crippen LogP contribution in [0.5, 0.6) is 11.5 Å². The molecule has 0 saturated carbocycles. The highest BCUT2D eigenvalue weighted by atomic mass is 16.5. The van der Waals surface area contributed by atoms with Gasteiger partial charge in [-0.25, -0.2) is 0 Å². The van der Waals surface area contributed by atoms with Gasteiger partial charge in [0.1, 0.15) is 0 Å². The number of rotatable bonds is 6. The highest BCUT2D eigenvalue weighted by molar-refractivity contribution is 5.95. The number of carbonyl (C=O) groups is 1. The Morgan fingerprint density at radius 1 is 1.04 bits per heavy atom. The van der Waals surface area contributed by atoms with Crippen molar-refractivity contribution in [3.05, 3.63) is 59.2 Å². The van der Waals surface area contributed by atoms with Crippen LogP contribution >= 0.6 is 0 Å². The minimum absolute atomic E-state index is 0.0174. The molecule has 0 heterocycles. The van der Waals surface area contributed by atoms with Gasteiger partial charge in [-0.3, -0.25) is 4.79 Å². The van der Waals surface area contributed by atoms with Crippen molar-refractivity contribution in [3.8, 4) is 11.5 Å². The van der Waals surface area contributed by atoms with Gasteiger partial charge in [0.05, 0.1) is 20.3 Å². The second kappa shape index (κ2) is 7.68. The Labute approximate surface area is 137 Å². The number of hydrogen-bond donors (Lipinski definition) is 1. The SMILES string of the molecule is CC[C@@H](NC(=O)c1ccc(OC)c(OC)c1)c1ccc(C)cc1. The van der Waals surface area contributed by atoms with Gasteiger partial charge in [-0.2, -0.15) is 0 Å². The molecule has 1 N–H and O–H groups in total. The Kier molecular flexibility index (Phi) is 5.63. The summed E-state index contributed by atoms with van der Waals surface area (Å²) in [5.74, 6) is 1.02. The normalized spacial score (nSPS) is 11.7. The Morgan fingerprint density at radius 3 is 2.26 bits per heavy atom. The van der Waals surface area contributed by atoms with E-state index in [2.05, 4.69) is 36.5 Å². The van der Waals surface area contributed by atoms with Crippen molar-refractivity contribution in [2.24, 2.45) is 0 Å². The summed E-state index contributed by atoms with van der Waals surface area (Å²) in [6.07, 6.45) is 0.822. The van der Waals surface area contributed by atoms with Crippen molar-refractivity contribution in [1.82, 2.24) is 5.32 Å². The fraction of sp³-hybridized carbons (Fsp3) is 0.316. The molecule has 2 aromatic carbocycles. The summed E-state index contributed by atoms with van der Waals surface area (Å²) >= 11 is 0. The maximum Gasteiger partial charge on any atom is 0.251 e. The van der Waals surface area contributed by atoms with Crippen LogP contribution in [0.1, 0.15) is 40.9 Å². The zero-order valence-electron chi connectivity index (χ0n) is 14.1. The molecular formula is C19H23NO3. The fourth-order valence-corrected chi connectivity index (χ4v) is 2.44. The molecule has 0 unspecified atom stereocenters. The minimum Gasteiger partial charge on any atom is -0.493 e. The lowest BCUT2D eigenvalue weighted by molar-refractivity contribution is 0.0935. The van der Waals surface area contributed by atoms with Crippen LogP contribution in [0, 0.1) is 6.92 Å². The smallest absolute Gasteiger partial charge is 0.251 e. The summed E-state index contributed by atoms with van der Waals surface area (Å²) in [7, 11) is 3.13. The van der Waals surface area contributed by atoms with E-state index in [9.17, 15) is 4.79 Å². The maximum absolute atomic E-state index is 12.5. The molecule has 0 aliphatic heterocycles. The van der Waals surface area contributed by atoms with Gasteiger partial charge in [-0.1, -0.05) is 36.8 Å². The zero-order valence-corrected chi connectivity index (χ0v) is 14.1. The third kappa shape index (κ3) is 4.03. The predicted molar refractivity (Wildman–Crippen MR) is 91.2 cm³/mol. The molecule has 4 nitrogen and oxygen atoms in total. The highest BCUT2D eigenvalue weighted by Gasteiger charge is 2.16. The van der Waals surface area contributed by atoms with Crippen LogP contribution in [0.3, 0.4) is 0 Å². The number of benzene rings is 2. The molecule has 4 heteroatoms. The van der Waals surface area contributed by atoms with Crippen LogP contribution in [0.25, 0.3) is 0 Å². The average Bonchev–Trinajstić information content (AvgIpc) is 2.59. The topological polar surface area (TPSA) is 47.6 Å². The average molecular weight is 313 g/mol. The van der Waals surface area contributed by atoms with E-state index in [1.165, 1.54) is 5.56 Å². The van der Waals surface area contributed by atoms with Crippen molar-refractivity contribution in [3.63, 3.8) is 0 Å².